The third kappa shape index (κ3) is 4.42. The van der Waals surface area contributed by atoms with Crippen molar-refractivity contribution in [1.29, 1.82) is 0 Å². The molecule has 0 saturated heterocycles. The second kappa shape index (κ2) is 6.34. The van der Waals surface area contributed by atoms with Crippen molar-refractivity contribution < 1.29 is 4.79 Å². The van der Waals surface area contributed by atoms with Gasteiger partial charge in [-0.05, 0) is 37.0 Å². The van der Waals surface area contributed by atoms with E-state index < -0.39 is 0 Å². The highest BCUT2D eigenvalue weighted by Gasteiger charge is 2.22. The molecule has 1 aromatic rings. The van der Waals surface area contributed by atoms with Crippen molar-refractivity contribution in [3.63, 3.8) is 0 Å². The van der Waals surface area contributed by atoms with Crippen molar-refractivity contribution in [3.05, 3.63) is 33.8 Å². The second-order valence-corrected chi connectivity index (χ2v) is 5.71. The predicted octanol–water partition coefficient (Wildman–Crippen LogP) is 2.52. The van der Waals surface area contributed by atoms with E-state index in [0.29, 0.717) is 12.5 Å². The molecule has 0 atom stereocenters. The maximum Gasteiger partial charge on any atom is 0.221 e. The summed E-state index contributed by atoms with van der Waals surface area (Å²) in [5.41, 5.74) is 2.49. The highest BCUT2D eigenvalue weighted by molar-refractivity contribution is 9.10. The van der Waals surface area contributed by atoms with Gasteiger partial charge in [0.1, 0.15) is 0 Å². The molecule has 4 heteroatoms. The molecule has 0 unspecified atom stereocenters. The number of benzene rings is 1. The number of aryl methyl sites for hydroxylation is 1. The molecule has 0 heterocycles. The summed E-state index contributed by atoms with van der Waals surface area (Å²) < 4.78 is 1.13. The van der Waals surface area contributed by atoms with E-state index >= 15 is 0 Å². The first-order valence-corrected chi connectivity index (χ1v) is 7.19. The molecule has 1 saturated carbocycles. The largest absolute Gasteiger partial charge is 0.353 e. The van der Waals surface area contributed by atoms with Crippen LogP contribution in [0.2, 0.25) is 0 Å². The summed E-state index contributed by atoms with van der Waals surface area (Å²) in [6, 6.07) is 6.77. The minimum absolute atomic E-state index is 0.164. The van der Waals surface area contributed by atoms with Gasteiger partial charge in [-0.1, -0.05) is 28.1 Å². The fourth-order valence-corrected chi connectivity index (χ4v) is 2.03. The van der Waals surface area contributed by atoms with E-state index in [1.165, 1.54) is 11.1 Å². The minimum Gasteiger partial charge on any atom is -0.353 e. The van der Waals surface area contributed by atoms with Crippen LogP contribution in [0.1, 0.15) is 30.4 Å². The van der Waals surface area contributed by atoms with Crippen LogP contribution in [0.3, 0.4) is 0 Å². The predicted molar refractivity (Wildman–Crippen MR) is 76.4 cm³/mol. The molecule has 0 radical (unpaired) electrons. The summed E-state index contributed by atoms with van der Waals surface area (Å²) in [5.74, 6) is 0.164. The second-order valence-electron chi connectivity index (χ2n) is 4.85. The van der Waals surface area contributed by atoms with Crippen LogP contribution in [0.25, 0.3) is 0 Å². The average Bonchev–Trinajstić information content (AvgIpc) is 3.13. The summed E-state index contributed by atoms with van der Waals surface area (Å²) >= 11 is 3.49. The summed E-state index contributed by atoms with van der Waals surface area (Å²) in [6.07, 6.45) is 2.86. The lowest BCUT2D eigenvalue weighted by molar-refractivity contribution is -0.121. The van der Waals surface area contributed by atoms with E-state index in [1.807, 2.05) is 0 Å². The van der Waals surface area contributed by atoms with E-state index in [1.54, 1.807) is 0 Å². The van der Waals surface area contributed by atoms with Gasteiger partial charge < -0.3 is 10.6 Å². The van der Waals surface area contributed by atoms with E-state index in [4.69, 9.17) is 0 Å². The Labute approximate surface area is 116 Å². The van der Waals surface area contributed by atoms with Crippen LogP contribution in [0.15, 0.2) is 22.7 Å². The van der Waals surface area contributed by atoms with Gasteiger partial charge in [-0.15, -0.1) is 0 Å². The van der Waals surface area contributed by atoms with Crippen molar-refractivity contribution in [2.45, 2.75) is 38.8 Å². The van der Waals surface area contributed by atoms with Gasteiger partial charge in [0.15, 0.2) is 0 Å². The van der Waals surface area contributed by atoms with Crippen molar-refractivity contribution in [2.24, 2.45) is 0 Å². The Kier molecular flexibility index (Phi) is 4.78. The van der Waals surface area contributed by atoms with Crippen LogP contribution in [-0.4, -0.2) is 18.5 Å². The lowest BCUT2D eigenvalue weighted by atomic mass is 10.1. The maximum atomic E-state index is 11.4. The van der Waals surface area contributed by atoms with Gasteiger partial charge in [-0.2, -0.15) is 0 Å². The van der Waals surface area contributed by atoms with Crippen molar-refractivity contribution in [2.75, 3.05) is 6.54 Å². The monoisotopic (exact) mass is 310 g/mol. The summed E-state index contributed by atoms with van der Waals surface area (Å²) in [6.45, 7) is 3.62. The molecule has 0 spiro atoms. The summed E-state index contributed by atoms with van der Waals surface area (Å²) in [4.78, 5) is 11.4. The van der Waals surface area contributed by atoms with Gasteiger partial charge in [0.25, 0.3) is 0 Å². The Morgan fingerprint density at radius 3 is 2.89 bits per heavy atom. The Bertz CT molecular complexity index is 430. The third-order valence-electron chi connectivity index (χ3n) is 3.02. The Hall–Kier alpha value is -0.870. The molecule has 1 amide bonds. The average molecular weight is 311 g/mol. The number of halogens is 1. The Morgan fingerprint density at radius 2 is 2.22 bits per heavy atom. The molecule has 1 aliphatic carbocycles. The zero-order valence-electron chi connectivity index (χ0n) is 10.6. The molecular weight excluding hydrogens is 292 g/mol. The van der Waals surface area contributed by atoms with E-state index in [-0.39, 0.29) is 5.91 Å². The molecule has 1 fully saturated rings. The molecule has 0 bridgehead atoms. The highest BCUT2D eigenvalue weighted by atomic mass is 79.9. The van der Waals surface area contributed by atoms with Gasteiger partial charge in [0.2, 0.25) is 5.91 Å². The molecule has 0 aromatic heterocycles. The molecule has 98 valence electrons. The van der Waals surface area contributed by atoms with Crippen LogP contribution < -0.4 is 10.6 Å². The van der Waals surface area contributed by atoms with Crippen molar-refractivity contribution >= 4 is 21.8 Å². The quantitative estimate of drug-likeness (QED) is 0.793. The fraction of sp³-hybridized carbons (Fsp3) is 0.500. The number of amides is 1. The lowest BCUT2D eigenvalue weighted by Crippen LogP contribution is -2.29. The van der Waals surface area contributed by atoms with Gasteiger partial charge in [0.05, 0.1) is 0 Å². The molecule has 2 N–H and O–H groups in total. The van der Waals surface area contributed by atoms with Gasteiger partial charge in [-0.25, -0.2) is 0 Å². The normalized spacial score (nSPS) is 14.6. The molecule has 1 aromatic carbocycles. The number of hydrogen-bond donors (Lipinski definition) is 2. The first kappa shape index (κ1) is 13.6. The molecule has 3 nitrogen and oxygen atoms in total. The first-order chi connectivity index (χ1) is 8.65. The number of carbonyl (C=O) groups excluding carboxylic acids is 1. The third-order valence-corrected chi connectivity index (χ3v) is 3.91. The minimum atomic E-state index is 0.164. The zero-order valence-corrected chi connectivity index (χ0v) is 12.2. The van der Waals surface area contributed by atoms with Crippen LogP contribution >= 0.6 is 15.9 Å². The van der Waals surface area contributed by atoms with Crippen LogP contribution in [-0.2, 0) is 11.3 Å². The SMILES string of the molecule is Cc1cc(CNCCC(=O)NC2CC2)ccc1Br. The summed E-state index contributed by atoms with van der Waals surface area (Å²) in [7, 11) is 0. The van der Waals surface area contributed by atoms with Gasteiger partial charge in [0, 0.05) is 30.0 Å². The van der Waals surface area contributed by atoms with Crippen LogP contribution in [0, 0.1) is 6.92 Å². The van der Waals surface area contributed by atoms with Crippen LogP contribution in [0.4, 0.5) is 0 Å². The molecule has 1 aliphatic rings. The van der Waals surface area contributed by atoms with E-state index in [2.05, 4.69) is 51.7 Å². The van der Waals surface area contributed by atoms with Gasteiger partial charge in [-0.3, -0.25) is 4.79 Å². The highest BCUT2D eigenvalue weighted by Crippen LogP contribution is 2.18. The fourth-order valence-electron chi connectivity index (χ4n) is 1.78. The molecule has 2 rings (SSSR count). The number of nitrogens with one attached hydrogen (secondary N) is 2. The van der Waals surface area contributed by atoms with Crippen LogP contribution in [0.5, 0.6) is 0 Å². The Morgan fingerprint density at radius 1 is 1.44 bits per heavy atom. The molecular formula is C14H19BrN2O. The Balaban J connectivity index is 1.64. The molecule has 0 aliphatic heterocycles. The smallest absolute Gasteiger partial charge is 0.221 e. The van der Waals surface area contributed by atoms with Crippen molar-refractivity contribution in [1.82, 2.24) is 10.6 Å². The van der Waals surface area contributed by atoms with E-state index in [9.17, 15) is 4.79 Å². The zero-order chi connectivity index (χ0) is 13.0. The van der Waals surface area contributed by atoms with Crippen molar-refractivity contribution in [3.8, 4) is 0 Å². The lowest BCUT2D eigenvalue weighted by Gasteiger charge is -2.07. The number of rotatable bonds is 6. The standard InChI is InChI=1S/C14H19BrN2O/c1-10-8-11(2-5-13(10)15)9-16-7-6-14(18)17-12-3-4-12/h2,5,8,12,16H,3-4,6-7,9H2,1H3,(H,17,18). The van der Waals surface area contributed by atoms with Gasteiger partial charge >= 0.3 is 0 Å². The van der Waals surface area contributed by atoms with E-state index in [0.717, 1.165) is 30.4 Å². The number of carbonyl (C=O) groups is 1. The summed E-state index contributed by atoms with van der Waals surface area (Å²) in [5, 5.41) is 6.28. The molecule has 18 heavy (non-hydrogen) atoms. The number of hydrogen-bond acceptors (Lipinski definition) is 2. The first-order valence-electron chi connectivity index (χ1n) is 6.40. The topological polar surface area (TPSA) is 41.1 Å². The maximum absolute atomic E-state index is 11.4.